The molecule has 0 unspecified atom stereocenters. The molecular weight excluding hydrogens is 254 g/mol. The number of rotatable bonds is 6. The van der Waals surface area contributed by atoms with Crippen molar-refractivity contribution in [2.24, 2.45) is 0 Å². The first-order valence-corrected chi connectivity index (χ1v) is 6.97. The molecule has 0 aromatic heterocycles. The van der Waals surface area contributed by atoms with Crippen molar-refractivity contribution in [3.63, 3.8) is 0 Å². The van der Waals surface area contributed by atoms with Crippen LogP contribution in [0, 0.1) is 0 Å². The molecule has 98 valence electrons. The van der Waals surface area contributed by atoms with Gasteiger partial charge in [-0.25, -0.2) is 13.1 Å². The quantitative estimate of drug-likeness (QED) is 0.785. The predicted octanol–water partition coefficient (Wildman–Crippen LogP) is 1.15. The normalized spacial score (nSPS) is 11.2. The molecular formula is C12H15NO4S. The van der Waals surface area contributed by atoms with Crippen molar-refractivity contribution in [1.29, 1.82) is 0 Å². The maximum atomic E-state index is 11.8. The smallest absolute Gasteiger partial charge is 0.240 e. The molecule has 0 heterocycles. The van der Waals surface area contributed by atoms with Crippen molar-refractivity contribution in [1.82, 2.24) is 4.72 Å². The number of hydrogen-bond acceptors (Lipinski definition) is 4. The Morgan fingerprint density at radius 3 is 2.17 bits per heavy atom. The number of ketones is 2. The Labute approximate surface area is 106 Å². The number of hydrogen-bond donors (Lipinski definition) is 1. The molecule has 0 atom stereocenters. The largest absolute Gasteiger partial charge is 0.298 e. The van der Waals surface area contributed by atoms with E-state index in [4.69, 9.17) is 0 Å². The van der Waals surface area contributed by atoms with Crippen LogP contribution in [0.2, 0.25) is 0 Å². The van der Waals surface area contributed by atoms with E-state index in [9.17, 15) is 18.0 Å². The van der Waals surface area contributed by atoms with E-state index in [0.717, 1.165) is 0 Å². The minimum atomic E-state index is -3.69. The van der Waals surface area contributed by atoms with Crippen molar-refractivity contribution in [3.05, 3.63) is 29.8 Å². The minimum Gasteiger partial charge on any atom is -0.298 e. The minimum absolute atomic E-state index is 0.0383. The highest BCUT2D eigenvalue weighted by molar-refractivity contribution is 7.89. The molecule has 0 bridgehead atoms. The van der Waals surface area contributed by atoms with Gasteiger partial charge >= 0.3 is 0 Å². The standard InChI is InChI=1S/C12H15NO4S/c1-3-11(15)8-13-18(16,17)12-6-4-10(5-7-12)9(2)14/h4-7,13H,3,8H2,1-2H3. The number of sulfonamides is 1. The van der Waals surface area contributed by atoms with Crippen molar-refractivity contribution < 1.29 is 18.0 Å². The first-order valence-electron chi connectivity index (χ1n) is 5.49. The first kappa shape index (κ1) is 14.5. The van der Waals surface area contributed by atoms with Crippen molar-refractivity contribution in [3.8, 4) is 0 Å². The highest BCUT2D eigenvalue weighted by Crippen LogP contribution is 2.10. The van der Waals surface area contributed by atoms with E-state index in [1.54, 1.807) is 6.92 Å². The zero-order chi connectivity index (χ0) is 13.8. The number of Topliss-reactive ketones (excluding diaryl/α,β-unsaturated/α-hetero) is 2. The second kappa shape index (κ2) is 5.88. The third-order valence-corrected chi connectivity index (χ3v) is 3.84. The van der Waals surface area contributed by atoms with Gasteiger partial charge in [0.15, 0.2) is 5.78 Å². The number of benzene rings is 1. The molecule has 1 N–H and O–H groups in total. The molecule has 1 aromatic rings. The van der Waals surface area contributed by atoms with Crippen LogP contribution in [0.5, 0.6) is 0 Å². The molecule has 0 spiro atoms. The number of carbonyl (C=O) groups is 2. The van der Waals surface area contributed by atoms with Gasteiger partial charge in [0, 0.05) is 12.0 Å². The lowest BCUT2D eigenvalue weighted by Crippen LogP contribution is -2.29. The zero-order valence-electron chi connectivity index (χ0n) is 10.3. The Bertz CT molecular complexity index is 546. The van der Waals surface area contributed by atoms with Gasteiger partial charge in [-0.15, -0.1) is 0 Å². The topological polar surface area (TPSA) is 80.3 Å². The van der Waals surface area contributed by atoms with E-state index in [1.807, 2.05) is 0 Å². The summed E-state index contributed by atoms with van der Waals surface area (Å²) in [6.07, 6.45) is 0.284. The molecule has 0 saturated carbocycles. The molecule has 5 nitrogen and oxygen atoms in total. The SMILES string of the molecule is CCC(=O)CNS(=O)(=O)c1ccc(C(C)=O)cc1. The van der Waals surface area contributed by atoms with E-state index in [1.165, 1.54) is 31.2 Å². The van der Waals surface area contributed by atoms with Crippen LogP contribution in [0.3, 0.4) is 0 Å². The summed E-state index contributed by atoms with van der Waals surface area (Å²) >= 11 is 0. The molecule has 0 aliphatic heterocycles. The van der Waals surface area contributed by atoms with Crippen molar-refractivity contribution in [2.45, 2.75) is 25.2 Å². The molecule has 1 rings (SSSR count). The van der Waals surface area contributed by atoms with Gasteiger partial charge in [-0.3, -0.25) is 9.59 Å². The molecule has 0 fully saturated rings. The van der Waals surface area contributed by atoms with E-state index in [2.05, 4.69) is 4.72 Å². The molecule has 1 aromatic carbocycles. The molecule has 0 amide bonds. The lowest BCUT2D eigenvalue weighted by Gasteiger charge is -2.06. The Morgan fingerprint density at radius 1 is 1.17 bits per heavy atom. The zero-order valence-corrected chi connectivity index (χ0v) is 11.1. The van der Waals surface area contributed by atoms with Crippen LogP contribution in [0.4, 0.5) is 0 Å². The van der Waals surface area contributed by atoms with Crippen LogP contribution < -0.4 is 4.72 Å². The highest BCUT2D eigenvalue weighted by Gasteiger charge is 2.15. The monoisotopic (exact) mass is 269 g/mol. The van der Waals surface area contributed by atoms with Crippen LogP contribution in [0.15, 0.2) is 29.2 Å². The molecule has 6 heteroatoms. The first-order chi connectivity index (χ1) is 8.36. The molecule has 0 aliphatic carbocycles. The third kappa shape index (κ3) is 3.75. The third-order valence-electron chi connectivity index (χ3n) is 2.42. The van der Waals surface area contributed by atoms with Crippen LogP contribution in [0.1, 0.15) is 30.6 Å². The van der Waals surface area contributed by atoms with Crippen LogP contribution >= 0.6 is 0 Å². The lowest BCUT2D eigenvalue weighted by molar-refractivity contribution is -0.117. The predicted molar refractivity (Wildman–Crippen MR) is 66.9 cm³/mol. The van der Waals surface area contributed by atoms with E-state index in [0.29, 0.717) is 5.56 Å². The maximum absolute atomic E-state index is 11.8. The van der Waals surface area contributed by atoms with Crippen molar-refractivity contribution in [2.75, 3.05) is 6.54 Å². The summed E-state index contributed by atoms with van der Waals surface area (Å²) in [4.78, 5) is 22.2. The number of carbonyl (C=O) groups excluding carboxylic acids is 2. The van der Waals surface area contributed by atoms with Gasteiger partial charge in [-0.05, 0) is 19.1 Å². The fraction of sp³-hybridized carbons (Fsp3) is 0.333. The van der Waals surface area contributed by atoms with Crippen molar-refractivity contribution >= 4 is 21.6 Å². The summed E-state index contributed by atoms with van der Waals surface area (Å²) in [5, 5.41) is 0. The summed E-state index contributed by atoms with van der Waals surface area (Å²) in [5.41, 5.74) is 0.443. The Kier molecular flexibility index (Phi) is 4.75. The van der Waals surface area contributed by atoms with E-state index >= 15 is 0 Å². The fourth-order valence-corrected chi connectivity index (χ4v) is 2.26. The van der Waals surface area contributed by atoms with Crippen LogP contribution in [0.25, 0.3) is 0 Å². The fourth-order valence-electron chi connectivity index (χ4n) is 1.25. The maximum Gasteiger partial charge on any atom is 0.240 e. The van der Waals surface area contributed by atoms with Gasteiger partial charge in [-0.2, -0.15) is 0 Å². The summed E-state index contributed by atoms with van der Waals surface area (Å²) in [5.74, 6) is -0.313. The van der Waals surface area contributed by atoms with Gasteiger partial charge in [0.05, 0.1) is 11.4 Å². The van der Waals surface area contributed by atoms with E-state index in [-0.39, 0.29) is 29.4 Å². The summed E-state index contributed by atoms with van der Waals surface area (Å²) < 4.78 is 25.8. The van der Waals surface area contributed by atoms with Crippen LogP contribution in [-0.4, -0.2) is 26.5 Å². The molecule has 18 heavy (non-hydrogen) atoms. The molecule has 0 radical (unpaired) electrons. The summed E-state index contributed by atoms with van der Waals surface area (Å²) in [6.45, 7) is 2.85. The molecule has 0 aliphatic rings. The second-order valence-corrected chi connectivity index (χ2v) is 5.56. The average Bonchev–Trinajstić information content (AvgIpc) is 2.36. The van der Waals surface area contributed by atoms with Gasteiger partial charge in [0.1, 0.15) is 5.78 Å². The lowest BCUT2D eigenvalue weighted by atomic mass is 10.2. The summed E-state index contributed by atoms with van der Waals surface area (Å²) in [6, 6.07) is 5.57. The van der Waals surface area contributed by atoms with E-state index < -0.39 is 10.0 Å². The average molecular weight is 269 g/mol. The molecule has 0 saturated heterocycles. The highest BCUT2D eigenvalue weighted by atomic mass is 32.2. The number of nitrogens with one attached hydrogen (secondary N) is 1. The Morgan fingerprint density at radius 2 is 1.72 bits per heavy atom. The van der Waals surface area contributed by atoms with Crippen LogP contribution in [-0.2, 0) is 14.8 Å². The van der Waals surface area contributed by atoms with Gasteiger partial charge in [0.25, 0.3) is 0 Å². The van der Waals surface area contributed by atoms with Gasteiger partial charge in [0.2, 0.25) is 10.0 Å². The summed E-state index contributed by atoms with van der Waals surface area (Å²) in [7, 11) is -3.69. The second-order valence-electron chi connectivity index (χ2n) is 3.80. The Hall–Kier alpha value is -1.53. The van der Waals surface area contributed by atoms with Gasteiger partial charge < -0.3 is 0 Å². The Balaban J connectivity index is 2.85. The van der Waals surface area contributed by atoms with Gasteiger partial charge in [-0.1, -0.05) is 19.1 Å².